The molecule has 27 heavy (non-hydrogen) atoms. The zero-order valence-electron chi connectivity index (χ0n) is 17.3. The third-order valence-electron chi connectivity index (χ3n) is 9.56. The Balaban J connectivity index is 1.65. The molecule has 0 aromatic heterocycles. The standard InChI is InChI=1S/C23H36O4/c1-14(20(25)27-4)23(26)12-9-19-17-6-5-15-13-16(24)7-10-21(15,2)18(17)8-11-22(19,23)3/h5,14,16-19,24,26H,6-13H2,1-4H3/t14-,16+,17-,18+,19+,21+,22+,23-/m1/s1. The summed E-state index contributed by atoms with van der Waals surface area (Å²) in [7, 11) is 1.42. The number of fused-ring (bicyclic) bond motifs is 5. The van der Waals surface area contributed by atoms with Gasteiger partial charge in [-0.15, -0.1) is 0 Å². The van der Waals surface area contributed by atoms with Crippen LogP contribution < -0.4 is 0 Å². The first-order valence-electron chi connectivity index (χ1n) is 10.8. The number of hydrogen-bond donors (Lipinski definition) is 2. The summed E-state index contributed by atoms with van der Waals surface area (Å²) in [6.45, 7) is 6.49. The zero-order valence-corrected chi connectivity index (χ0v) is 17.3. The molecule has 4 nitrogen and oxygen atoms in total. The molecule has 0 unspecified atom stereocenters. The van der Waals surface area contributed by atoms with Crippen molar-refractivity contribution >= 4 is 5.97 Å². The lowest BCUT2D eigenvalue weighted by molar-refractivity contribution is -0.177. The minimum absolute atomic E-state index is 0.174. The van der Waals surface area contributed by atoms with Crippen molar-refractivity contribution in [1.29, 1.82) is 0 Å². The Hall–Kier alpha value is -0.870. The second-order valence-corrected chi connectivity index (χ2v) is 10.3. The van der Waals surface area contributed by atoms with Gasteiger partial charge in [-0.1, -0.05) is 25.5 Å². The van der Waals surface area contributed by atoms with Crippen molar-refractivity contribution < 1.29 is 19.7 Å². The molecule has 4 aliphatic carbocycles. The minimum Gasteiger partial charge on any atom is -0.469 e. The van der Waals surface area contributed by atoms with Crippen molar-refractivity contribution in [2.24, 2.45) is 34.5 Å². The summed E-state index contributed by atoms with van der Waals surface area (Å²) in [4.78, 5) is 12.3. The van der Waals surface area contributed by atoms with Gasteiger partial charge in [0.05, 0.1) is 24.7 Å². The first-order valence-corrected chi connectivity index (χ1v) is 10.8. The molecular formula is C23H36O4. The van der Waals surface area contributed by atoms with E-state index in [9.17, 15) is 15.0 Å². The van der Waals surface area contributed by atoms with Crippen LogP contribution in [0, 0.1) is 34.5 Å². The van der Waals surface area contributed by atoms with E-state index >= 15 is 0 Å². The molecule has 2 N–H and O–H groups in total. The summed E-state index contributed by atoms with van der Waals surface area (Å²) in [6, 6.07) is 0. The first-order chi connectivity index (χ1) is 12.7. The molecule has 0 radical (unpaired) electrons. The van der Waals surface area contributed by atoms with Crippen molar-refractivity contribution in [1.82, 2.24) is 0 Å². The summed E-state index contributed by atoms with van der Waals surface area (Å²) < 4.78 is 4.99. The number of aliphatic hydroxyl groups excluding tert-OH is 1. The van der Waals surface area contributed by atoms with Crippen LogP contribution in [0.5, 0.6) is 0 Å². The number of methoxy groups -OCH3 is 1. The van der Waals surface area contributed by atoms with E-state index in [2.05, 4.69) is 19.9 Å². The minimum atomic E-state index is -0.969. The third-order valence-corrected chi connectivity index (χ3v) is 9.56. The maximum Gasteiger partial charge on any atom is 0.311 e. The lowest BCUT2D eigenvalue weighted by Gasteiger charge is -2.59. The van der Waals surface area contributed by atoms with Crippen LogP contribution in [0.4, 0.5) is 0 Å². The first kappa shape index (κ1) is 19.4. The van der Waals surface area contributed by atoms with E-state index in [0.29, 0.717) is 24.2 Å². The number of rotatable bonds is 2. The molecule has 0 spiro atoms. The fraction of sp³-hybridized carbons (Fsp3) is 0.870. The van der Waals surface area contributed by atoms with Crippen molar-refractivity contribution in [3.05, 3.63) is 11.6 Å². The van der Waals surface area contributed by atoms with Crippen LogP contribution in [0.1, 0.15) is 72.1 Å². The Kier molecular flexibility index (Phi) is 4.55. The Morgan fingerprint density at radius 3 is 2.59 bits per heavy atom. The summed E-state index contributed by atoms with van der Waals surface area (Å²) in [5.41, 5.74) is 0.487. The van der Waals surface area contributed by atoms with Gasteiger partial charge in [-0.05, 0) is 81.5 Å². The van der Waals surface area contributed by atoms with Gasteiger partial charge in [0.1, 0.15) is 0 Å². The van der Waals surface area contributed by atoms with Crippen molar-refractivity contribution in [3.63, 3.8) is 0 Å². The zero-order chi connectivity index (χ0) is 19.6. The van der Waals surface area contributed by atoms with Gasteiger partial charge in [-0.25, -0.2) is 0 Å². The van der Waals surface area contributed by atoms with E-state index < -0.39 is 11.5 Å². The Bertz CT molecular complexity index is 657. The normalized spacial score (nSPS) is 50.1. The number of hydrogen-bond acceptors (Lipinski definition) is 4. The van der Waals surface area contributed by atoms with E-state index in [1.807, 2.05) is 6.92 Å². The number of esters is 1. The number of carbonyl (C=O) groups is 1. The van der Waals surface area contributed by atoms with Crippen LogP contribution in [0.25, 0.3) is 0 Å². The predicted octanol–water partition coefficient (Wildman–Crippen LogP) is 3.85. The van der Waals surface area contributed by atoms with Crippen molar-refractivity contribution in [3.8, 4) is 0 Å². The Morgan fingerprint density at radius 2 is 1.89 bits per heavy atom. The molecule has 4 heteroatoms. The smallest absolute Gasteiger partial charge is 0.311 e. The molecular weight excluding hydrogens is 340 g/mol. The van der Waals surface area contributed by atoms with Crippen LogP contribution in [0.3, 0.4) is 0 Å². The van der Waals surface area contributed by atoms with Gasteiger partial charge in [0.2, 0.25) is 0 Å². The number of aliphatic hydroxyl groups is 2. The summed E-state index contributed by atoms with van der Waals surface area (Å²) in [6.07, 6.45) is 9.89. The van der Waals surface area contributed by atoms with Gasteiger partial charge < -0.3 is 14.9 Å². The van der Waals surface area contributed by atoms with E-state index in [4.69, 9.17) is 4.74 Å². The molecule has 4 rings (SSSR count). The number of allylic oxidation sites excluding steroid dienone is 1. The number of carbonyl (C=O) groups excluding carboxylic acids is 1. The van der Waals surface area contributed by atoms with E-state index in [1.54, 1.807) is 0 Å². The fourth-order valence-electron chi connectivity index (χ4n) is 7.78. The quantitative estimate of drug-likeness (QED) is 0.567. The molecule has 8 atom stereocenters. The molecule has 0 heterocycles. The maximum absolute atomic E-state index is 12.3. The van der Waals surface area contributed by atoms with E-state index in [-0.39, 0.29) is 22.9 Å². The van der Waals surface area contributed by atoms with Gasteiger partial charge in [0.15, 0.2) is 0 Å². The SMILES string of the molecule is COC(=O)[C@@H](C)[C@]1(O)CC[C@H]2[C@@H]3CC=C4C[C@@H](O)CC[C@]4(C)[C@H]3CC[C@@]21C. The highest BCUT2D eigenvalue weighted by Crippen LogP contribution is 2.68. The van der Waals surface area contributed by atoms with Gasteiger partial charge in [-0.3, -0.25) is 4.79 Å². The van der Waals surface area contributed by atoms with Gasteiger partial charge in [0, 0.05) is 5.41 Å². The molecule has 0 bridgehead atoms. The van der Waals surface area contributed by atoms with Crippen LogP contribution in [0.2, 0.25) is 0 Å². The molecule has 0 aliphatic heterocycles. The van der Waals surface area contributed by atoms with E-state index in [1.165, 1.54) is 12.7 Å². The van der Waals surface area contributed by atoms with E-state index in [0.717, 1.165) is 44.9 Å². The van der Waals surface area contributed by atoms with Gasteiger partial charge in [0.25, 0.3) is 0 Å². The molecule has 3 saturated carbocycles. The molecule has 4 aliphatic rings. The summed E-state index contributed by atoms with van der Waals surface area (Å²) >= 11 is 0. The Labute approximate surface area is 163 Å². The van der Waals surface area contributed by atoms with Crippen molar-refractivity contribution in [2.75, 3.05) is 7.11 Å². The highest BCUT2D eigenvalue weighted by Gasteiger charge is 2.66. The largest absolute Gasteiger partial charge is 0.469 e. The average Bonchev–Trinajstić information content (AvgIpc) is 2.93. The molecule has 0 amide bonds. The lowest BCUT2D eigenvalue weighted by Crippen LogP contribution is -2.57. The maximum atomic E-state index is 12.3. The molecule has 152 valence electrons. The summed E-state index contributed by atoms with van der Waals surface area (Å²) in [5.74, 6) is 0.894. The lowest BCUT2D eigenvalue weighted by atomic mass is 9.46. The van der Waals surface area contributed by atoms with Crippen LogP contribution in [-0.4, -0.2) is 35.0 Å². The predicted molar refractivity (Wildman–Crippen MR) is 104 cm³/mol. The topological polar surface area (TPSA) is 66.8 Å². The van der Waals surface area contributed by atoms with Gasteiger partial charge in [-0.2, -0.15) is 0 Å². The third kappa shape index (κ3) is 2.51. The second-order valence-electron chi connectivity index (χ2n) is 10.3. The summed E-state index contributed by atoms with van der Waals surface area (Å²) in [5, 5.41) is 21.8. The fourth-order valence-corrected chi connectivity index (χ4v) is 7.78. The molecule has 0 saturated heterocycles. The number of ether oxygens (including phenoxy) is 1. The highest BCUT2D eigenvalue weighted by atomic mass is 16.5. The molecule has 0 aromatic carbocycles. The van der Waals surface area contributed by atoms with Gasteiger partial charge >= 0.3 is 5.97 Å². The van der Waals surface area contributed by atoms with Crippen LogP contribution in [0.15, 0.2) is 11.6 Å². The highest BCUT2D eigenvalue weighted by molar-refractivity contribution is 5.73. The van der Waals surface area contributed by atoms with Crippen LogP contribution >= 0.6 is 0 Å². The van der Waals surface area contributed by atoms with Crippen LogP contribution in [-0.2, 0) is 9.53 Å². The average molecular weight is 377 g/mol. The molecule has 0 aromatic rings. The van der Waals surface area contributed by atoms with Crippen molar-refractivity contribution in [2.45, 2.75) is 83.8 Å². The second kappa shape index (κ2) is 6.32. The molecule has 3 fully saturated rings. The monoisotopic (exact) mass is 376 g/mol. The Morgan fingerprint density at radius 1 is 1.19 bits per heavy atom.